The molecule has 0 aliphatic rings. The van der Waals surface area contributed by atoms with Crippen molar-refractivity contribution in [1.29, 1.82) is 0 Å². The van der Waals surface area contributed by atoms with E-state index < -0.39 is 6.09 Å². The molecule has 0 radical (unpaired) electrons. The monoisotopic (exact) mass is 389 g/mol. The first-order chi connectivity index (χ1) is 13.3. The molecule has 2 heterocycles. The van der Waals surface area contributed by atoms with Crippen LogP contribution < -0.4 is 4.90 Å². The lowest BCUT2D eigenvalue weighted by Gasteiger charge is -2.20. The summed E-state index contributed by atoms with van der Waals surface area (Å²) in [5, 5.41) is 0. The van der Waals surface area contributed by atoms with Gasteiger partial charge in [0.2, 0.25) is 0 Å². The summed E-state index contributed by atoms with van der Waals surface area (Å²) in [5.74, 6) is 0.568. The van der Waals surface area contributed by atoms with Crippen LogP contribution in [0.5, 0.6) is 0 Å². The van der Waals surface area contributed by atoms with Gasteiger partial charge in [-0.05, 0) is 52.5 Å². The molecule has 0 unspecified atom stereocenters. The fourth-order valence-corrected chi connectivity index (χ4v) is 3.05. The van der Waals surface area contributed by atoms with Crippen molar-refractivity contribution in [1.82, 2.24) is 19.2 Å². The minimum atomic E-state index is -0.448. The third-order valence-corrected chi connectivity index (χ3v) is 4.55. The number of amides is 2. The molecule has 0 bridgehead atoms. The Hall–Kier alpha value is -2.61. The van der Waals surface area contributed by atoms with Crippen LogP contribution in [0.1, 0.15) is 36.3 Å². The van der Waals surface area contributed by atoms with Gasteiger partial charge in [-0.25, -0.2) is 9.78 Å². The van der Waals surface area contributed by atoms with Gasteiger partial charge in [-0.2, -0.15) is 0 Å². The fourth-order valence-electron chi connectivity index (χ4n) is 3.05. The van der Waals surface area contributed by atoms with E-state index in [2.05, 4.69) is 9.88 Å². The second kappa shape index (κ2) is 9.54. The smallest absolute Gasteiger partial charge is 0.415 e. The van der Waals surface area contributed by atoms with Crippen molar-refractivity contribution in [3.8, 4) is 0 Å². The molecule has 0 aromatic carbocycles. The quantitative estimate of drug-likeness (QED) is 0.694. The second-order valence-corrected chi connectivity index (χ2v) is 7.02. The molecule has 8 nitrogen and oxygen atoms in total. The summed E-state index contributed by atoms with van der Waals surface area (Å²) in [6.07, 6.45) is 2.86. The molecule has 2 aromatic heterocycles. The minimum absolute atomic E-state index is 0.0582. The van der Waals surface area contributed by atoms with Gasteiger partial charge in [-0.15, -0.1) is 0 Å². The van der Waals surface area contributed by atoms with E-state index in [0.717, 1.165) is 18.7 Å². The van der Waals surface area contributed by atoms with E-state index in [9.17, 15) is 9.59 Å². The number of anilines is 1. The number of ether oxygens (including phenoxy) is 1. The van der Waals surface area contributed by atoms with Crippen LogP contribution >= 0.6 is 0 Å². The Morgan fingerprint density at radius 1 is 1.11 bits per heavy atom. The number of carbonyl (C=O) groups excluding carboxylic acids is 2. The molecular formula is C20H31N5O3. The van der Waals surface area contributed by atoms with Gasteiger partial charge in [0.05, 0.1) is 17.9 Å². The summed E-state index contributed by atoms with van der Waals surface area (Å²) in [4.78, 5) is 34.9. The van der Waals surface area contributed by atoms with Crippen LogP contribution in [-0.2, 0) is 11.2 Å². The average molecular weight is 390 g/mol. The molecule has 0 N–H and O–H groups in total. The molecule has 0 aliphatic heterocycles. The molecular weight excluding hydrogens is 358 g/mol. The molecule has 0 atom stereocenters. The fraction of sp³-hybridized carbons (Fsp3) is 0.550. The molecule has 2 amide bonds. The van der Waals surface area contributed by atoms with Gasteiger partial charge >= 0.3 is 6.09 Å². The summed E-state index contributed by atoms with van der Waals surface area (Å²) in [6, 6.07) is 3.59. The van der Waals surface area contributed by atoms with Gasteiger partial charge in [-0.3, -0.25) is 14.1 Å². The van der Waals surface area contributed by atoms with E-state index in [1.54, 1.807) is 42.6 Å². The van der Waals surface area contributed by atoms with Gasteiger partial charge in [0.15, 0.2) is 0 Å². The molecule has 2 rings (SSSR count). The first kappa shape index (κ1) is 21.7. The Kier molecular flexibility index (Phi) is 7.39. The number of rotatable bonds is 8. The lowest BCUT2D eigenvalue weighted by atomic mass is 10.2. The topological polar surface area (TPSA) is 70.4 Å². The summed E-state index contributed by atoms with van der Waals surface area (Å²) < 4.78 is 6.91. The number of hydrogen-bond donors (Lipinski definition) is 0. The summed E-state index contributed by atoms with van der Waals surface area (Å²) in [6.45, 7) is 5.64. The highest BCUT2D eigenvalue weighted by Crippen LogP contribution is 2.24. The Bertz CT molecular complexity index is 831. The van der Waals surface area contributed by atoms with Crippen LogP contribution in [0.15, 0.2) is 18.3 Å². The van der Waals surface area contributed by atoms with Gasteiger partial charge in [0.25, 0.3) is 5.91 Å². The van der Waals surface area contributed by atoms with E-state index in [1.807, 2.05) is 27.1 Å². The Labute approximate surface area is 166 Å². The molecule has 28 heavy (non-hydrogen) atoms. The summed E-state index contributed by atoms with van der Waals surface area (Å²) in [5.41, 5.74) is 2.02. The number of fused-ring (bicyclic) bond motifs is 1. The Morgan fingerprint density at radius 2 is 1.82 bits per heavy atom. The third-order valence-electron chi connectivity index (χ3n) is 4.55. The minimum Gasteiger partial charge on any atom is -0.449 e. The zero-order chi connectivity index (χ0) is 20.8. The van der Waals surface area contributed by atoms with Crippen molar-refractivity contribution in [2.45, 2.75) is 26.7 Å². The number of imidazole rings is 1. The van der Waals surface area contributed by atoms with Crippen LogP contribution in [-0.4, -0.2) is 79.1 Å². The highest BCUT2D eigenvalue weighted by atomic mass is 16.6. The SMILES string of the molecule is CCOC(=O)N(C)c1c(CC)nc2ccc(C(=O)N(C)CCCN(C)C)cn12. The number of aromatic nitrogens is 2. The predicted octanol–water partition coefficient (Wildman–Crippen LogP) is 2.51. The van der Waals surface area contributed by atoms with Crippen LogP contribution in [0.25, 0.3) is 5.65 Å². The molecule has 0 fully saturated rings. The highest BCUT2D eigenvalue weighted by Gasteiger charge is 2.22. The number of pyridine rings is 1. The van der Waals surface area contributed by atoms with Crippen LogP contribution in [0.2, 0.25) is 0 Å². The molecule has 0 spiro atoms. The van der Waals surface area contributed by atoms with Gasteiger partial charge in [-0.1, -0.05) is 6.92 Å². The van der Waals surface area contributed by atoms with E-state index in [-0.39, 0.29) is 5.91 Å². The van der Waals surface area contributed by atoms with E-state index in [0.29, 0.717) is 36.6 Å². The zero-order valence-corrected chi connectivity index (χ0v) is 17.7. The van der Waals surface area contributed by atoms with E-state index in [1.165, 1.54) is 4.90 Å². The van der Waals surface area contributed by atoms with Gasteiger partial charge in [0, 0.05) is 26.8 Å². The van der Waals surface area contributed by atoms with Crippen molar-refractivity contribution >= 4 is 23.5 Å². The molecule has 154 valence electrons. The van der Waals surface area contributed by atoms with Crippen molar-refractivity contribution in [3.63, 3.8) is 0 Å². The second-order valence-electron chi connectivity index (χ2n) is 7.02. The maximum atomic E-state index is 12.8. The first-order valence-electron chi connectivity index (χ1n) is 9.61. The summed E-state index contributed by atoms with van der Waals surface area (Å²) in [7, 11) is 7.49. The first-order valence-corrected chi connectivity index (χ1v) is 9.61. The Morgan fingerprint density at radius 3 is 2.43 bits per heavy atom. The third kappa shape index (κ3) is 4.81. The molecule has 8 heteroatoms. The molecule has 0 saturated carbocycles. The Balaban J connectivity index is 2.34. The normalized spacial score (nSPS) is 11.1. The number of carbonyl (C=O) groups is 2. The predicted molar refractivity (Wildman–Crippen MR) is 110 cm³/mol. The molecule has 2 aromatic rings. The van der Waals surface area contributed by atoms with Crippen molar-refractivity contribution in [2.24, 2.45) is 0 Å². The van der Waals surface area contributed by atoms with Crippen molar-refractivity contribution < 1.29 is 14.3 Å². The number of hydrogen-bond acceptors (Lipinski definition) is 5. The van der Waals surface area contributed by atoms with Crippen molar-refractivity contribution in [3.05, 3.63) is 29.6 Å². The largest absolute Gasteiger partial charge is 0.449 e. The van der Waals surface area contributed by atoms with Gasteiger partial charge < -0.3 is 14.5 Å². The summed E-state index contributed by atoms with van der Waals surface area (Å²) >= 11 is 0. The van der Waals surface area contributed by atoms with Crippen LogP contribution in [0.4, 0.5) is 10.6 Å². The molecule has 0 saturated heterocycles. The standard InChI is InChI=1S/C20H31N5O3/c1-7-16-18(24(6)20(27)28-8-2)25-14-15(10-11-17(25)21-16)19(26)23(5)13-9-12-22(3)4/h10-11,14H,7-9,12-13H2,1-6H3. The maximum Gasteiger partial charge on any atom is 0.415 e. The van der Waals surface area contributed by atoms with Gasteiger partial charge in [0.1, 0.15) is 11.5 Å². The number of nitrogens with zero attached hydrogens (tertiary/aromatic N) is 5. The van der Waals surface area contributed by atoms with Crippen LogP contribution in [0.3, 0.4) is 0 Å². The van der Waals surface area contributed by atoms with Crippen LogP contribution in [0, 0.1) is 0 Å². The zero-order valence-electron chi connectivity index (χ0n) is 17.7. The van der Waals surface area contributed by atoms with Crippen molar-refractivity contribution in [2.75, 3.05) is 52.8 Å². The van der Waals surface area contributed by atoms with E-state index >= 15 is 0 Å². The number of aryl methyl sites for hydroxylation is 1. The average Bonchev–Trinajstić information content (AvgIpc) is 3.04. The molecule has 0 aliphatic carbocycles. The lowest BCUT2D eigenvalue weighted by molar-refractivity contribution is 0.0790. The van der Waals surface area contributed by atoms with E-state index in [4.69, 9.17) is 4.74 Å². The highest BCUT2D eigenvalue weighted by molar-refractivity contribution is 5.94. The maximum absolute atomic E-state index is 12.8. The lowest BCUT2D eigenvalue weighted by Crippen LogP contribution is -2.30.